The predicted octanol–water partition coefficient (Wildman–Crippen LogP) is 2.89. The number of aromatic carboxylic acids is 1. The summed E-state index contributed by atoms with van der Waals surface area (Å²) in [6.07, 6.45) is 0. The van der Waals surface area contributed by atoms with Gasteiger partial charge in [0.15, 0.2) is 0 Å². The smallest absolute Gasteiger partial charge is 0.336 e. The van der Waals surface area contributed by atoms with Gasteiger partial charge in [-0.25, -0.2) is 9.78 Å². The van der Waals surface area contributed by atoms with E-state index in [0.717, 1.165) is 0 Å². The van der Waals surface area contributed by atoms with Crippen molar-refractivity contribution >= 4 is 39.5 Å². The number of fused-ring (bicyclic) bond motifs is 1. The Labute approximate surface area is 132 Å². The van der Waals surface area contributed by atoms with Crippen LogP contribution in [0.25, 0.3) is 22.3 Å². The standard InChI is InChI=1S/C15H9IN2O3/c16-11-7-8(5-6-9(11)15(20)21)13-17-12-4-2-1-3-10(12)14(19)18-13/h1-7H,(H,20,21)(H,17,18,19). The summed E-state index contributed by atoms with van der Waals surface area (Å²) in [5, 5.41) is 9.56. The van der Waals surface area contributed by atoms with E-state index in [1.165, 1.54) is 6.07 Å². The van der Waals surface area contributed by atoms with E-state index >= 15 is 0 Å². The summed E-state index contributed by atoms with van der Waals surface area (Å²) < 4.78 is 0.591. The van der Waals surface area contributed by atoms with E-state index in [2.05, 4.69) is 9.97 Å². The molecular formula is C15H9IN2O3. The van der Waals surface area contributed by atoms with Crippen molar-refractivity contribution < 1.29 is 9.90 Å². The normalized spacial score (nSPS) is 10.7. The van der Waals surface area contributed by atoms with Crippen LogP contribution >= 0.6 is 22.6 Å². The Morgan fingerprint density at radius 2 is 1.95 bits per heavy atom. The lowest BCUT2D eigenvalue weighted by Gasteiger charge is -2.05. The van der Waals surface area contributed by atoms with Crippen molar-refractivity contribution in [3.63, 3.8) is 0 Å². The minimum absolute atomic E-state index is 0.215. The fourth-order valence-electron chi connectivity index (χ4n) is 2.06. The third-order valence-electron chi connectivity index (χ3n) is 3.09. The van der Waals surface area contributed by atoms with Gasteiger partial charge in [0.1, 0.15) is 5.82 Å². The molecule has 0 aliphatic carbocycles. The topological polar surface area (TPSA) is 83.0 Å². The predicted molar refractivity (Wildman–Crippen MR) is 87.5 cm³/mol. The zero-order valence-electron chi connectivity index (χ0n) is 10.6. The summed E-state index contributed by atoms with van der Waals surface area (Å²) in [6.45, 7) is 0. The van der Waals surface area contributed by atoms with E-state index in [-0.39, 0.29) is 11.1 Å². The Bertz CT molecular complexity index is 918. The molecule has 0 fully saturated rings. The zero-order valence-corrected chi connectivity index (χ0v) is 12.8. The Morgan fingerprint density at radius 3 is 2.67 bits per heavy atom. The van der Waals surface area contributed by atoms with Crippen molar-refractivity contribution in [1.29, 1.82) is 0 Å². The Kier molecular flexibility index (Phi) is 3.46. The molecule has 3 rings (SSSR count). The summed E-state index contributed by atoms with van der Waals surface area (Å²) in [6, 6.07) is 11.9. The minimum atomic E-state index is -0.981. The Balaban J connectivity index is 2.19. The number of halogens is 1. The molecule has 21 heavy (non-hydrogen) atoms. The number of para-hydroxylation sites is 1. The van der Waals surface area contributed by atoms with Crippen LogP contribution in [0.5, 0.6) is 0 Å². The number of carboxylic acid groups (broad SMARTS) is 1. The molecule has 0 aliphatic rings. The molecule has 1 aromatic heterocycles. The molecule has 0 saturated carbocycles. The highest BCUT2D eigenvalue weighted by molar-refractivity contribution is 14.1. The van der Waals surface area contributed by atoms with Gasteiger partial charge in [0.25, 0.3) is 5.56 Å². The van der Waals surface area contributed by atoms with Gasteiger partial charge in [0.05, 0.1) is 16.5 Å². The molecule has 0 spiro atoms. The number of aromatic nitrogens is 2. The van der Waals surface area contributed by atoms with Crippen LogP contribution in [0.3, 0.4) is 0 Å². The highest BCUT2D eigenvalue weighted by Gasteiger charge is 2.11. The number of carboxylic acids is 1. The van der Waals surface area contributed by atoms with Gasteiger partial charge < -0.3 is 10.1 Å². The third kappa shape index (κ3) is 2.54. The maximum absolute atomic E-state index is 12.0. The Hall–Kier alpha value is -2.22. The second kappa shape index (κ2) is 5.28. The summed E-state index contributed by atoms with van der Waals surface area (Å²) >= 11 is 1.95. The van der Waals surface area contributed by atoms with Crippen LogP contribution in [0.4, 0.5) is 0 Å². The van der Waals surface area contributed by atoms with Gasteiger partial charge in [-0.3, -0.25) is 4.79 Å². The first-order valence-electron chi connectivity index (χ1n) is 6.08. The van der Waals surface area contributed by atoms with Crippen molar-refractivity contribution in [2.75, 3.05) is 0 Å². The molecule has 0 saturated heterocycles. The number of aromatic amines is 1. The molecule has 0 radical (unpaired) electrons. The molecule has 2 aromatic carbocycles. The fraction of sp³-hybridized carbons (Fsp3) is 0. The van der Waals surface area contributed by atoms with Crippen LogP contribution < -0.4 is 5.56 Å². The molecule has 6 heteroatoms. The summed E-state index contributed by atoms with van der Waals surface area (Å²) in [5.74, 6) is -0.556. The summed E-state index contributed by atoms with van der Waals surface area (Å²) in [7, 11) is 0. The third-order valence-corrected chi connectivity index (χ3v) is 3.98. The van der Waals surface area contributed by atoms with Gasteiger partial charge in [-0.15, -0.1) is 0 Å². The maximum atomic E-state index is 12.0. The number of H-pyrrole nitrogens is 1. The largest absolute Gasteiger partial charge is 0.478 e. The number of rotatable bonds is 2. The van der Waals surface area contributed by atoms with Gasteiger partial charge in [0.2, 0.25) is 0 Å². The molecule has 5 nitrogen and oxygen atoms in total. The van der Waals surface area contributed by atoms with Crippen LogP contribution in [0.1, 0.15) is 10.4 Å². The van der Waals surface area contributed by atoms with E-state index in [0.29, 0.717) is 25.9 Å². The van der Waals surface area contributed by atoms with E-state index in [1.54, 1.807) is 30.3 Å². The molecule has 1 heterocycles. The van der Waals surface area contributed by atoms with E-state index in [4.69, 9.17) is 5.11 Å². The van der Waals surface area contributed by atoms with Crippen molar-refractivity contribution in [2.45, 2.75) is 0 Å². The van der Waals surface area contributed by atoms with E-state index < -0.39 is 5.97 Å². The second-order valence-electron chi connectivity index (χ2n) is 4.43. The molecule has 2 N–H and O–H groups in total. The van der Waals surface area contributed by atoms with Gasteiger partial charge in [-0.2, -0.15) is 0 Å². The van der Waals surface area contributed by atoms with Crippen molar-refractivity contribution in [3.8, 4) is 11.4 Å². The molecule has 0 bridgehead atoms. The van der Waals surface area contributed by atoms with Gasteiger partial charge in [-0.1, -0.05) is 18.2 Å². The van der Waals surface area contributed by atoms with Crippen molar-refractivity contribution in [2.24, 2.45) is 0 Å². The van der Waals surface area contributed by atoms with Crippen LogP contribution in [0.2, 0.25) is 0 Å². The number of hydrogen-bond acceptors (Lipinski definition) is 3. The molecule has 0 amide bonds. The van der Waals surface area contributed by atoms with Crippen molar-refractivity contribution in [1.82, 2.24) is 9.97 Å². The highest BCUT2D eigenvalue weighted by atomic mass is 127. The van der Waals surface area contributed by atoms with E-state index in [1.807, 2.05) is 28.7 Å². The highest BCUT2D eigenvalue weighted by Crippen LogP contribution is 2.21. The number of hydrogen-bond donors (Lipinski definition) is 2. The first kappa shape index (κ1) is 13.7. The first-order valence-corrected chi connectivity index (χ1v) is 7.16. The van der Waals surface area contributed by atoms with E-state index in [9.17, 15) is 9.59 Å². The average Bonchev–Trinajstić information content (AvgIpc) is 2.46. The average molecular weight is 392 g/mol. The molecular weight excluding hydrogens is 383 g/mol. The lowest BCUT2D eigenvalue weighted by Crippen LogP contribution is -2.09. The minimum Gasteiger partial charge on any atom is -0.478 e. The molecule has 0 aliphatic heterocycles. The maximum Gasteiger partial charge on any atom is 0.336 e. The number of benzene rings is 2. The van der Waals surface area contributed by atoms with Gasteiger partial charge in [-0.05, 0) is 46.9 Å². The second-order valence-corrected chi connectivity index (χ2v) is 5.59. The van der Waals surface area contributed by atoms with Crippen LogP contribution in [-0.2, 0) is 0 Å². The quantitative estimate of drug-likeness (QED) is 0.658. The fourth-order valence-corrected chi connectivity index (χ4v) is 2.80. The summed E-state index contributed by atoms with van der Waals surface area (Å²) in [5.41, 5.74) is 1.29. The number of nitrogens with one attached hydrogen (secondary N) is 1. The van der Waals surface area contributed by atoms with Gasteiger partial charge >= 0.3 is 5.97 Å². The number of nitrogens with zero attached hydrogens (tertiary/aromatic N) is 1. The monoisotopic (exact) mass is 392 g/mol. The molecule has 3 aromatic rings. The lowest BCUT2D eigenvalue weighted by molar-refractivity contribution is 0.0696. The molecule has 0 atom stereocenters. The zero-order chi connectivity index (χ0) is 15.0. The van der Waals surface area contributed by atoms with Crippen LogP contribution in [-0.4, -0.2) is 21.0 Å². The Morgan fingerprint density at radius 1 is 1.19 bits per heavy atom. The molecule has 0 unspecified atom stereocenters. The van der Waals surface area contributed by atoms with Crippen LogP contribution in [0.15, 0.2) is 47.3 Å². The number of carbonyl (C=O) groups is 1. The lowest BCUT2D eigenvalue weighted by atomic mass is 10.1. The SMILES string of the molecule is O=C(O)c1ccc(-c2nc3ccccc3c(=O)[nH]2)cc1I. The molecule has 104 valence electrons. The van der Waals surface area contributed by atoms with Crippen molar-refractivity contribution in [3.05, 3.63) is 62.0 Å². The van der Waals surface area contributed by atoms with Gasteiger partial charge in [0, 0.05) is 9.13 Å². The first-order chi connectivity index (χ1) is 10.1. The van der Waals surface area contributed by atoms with Crippen LogP contribution in [0, 0.1) is 3.57 Å². The summed E-state index contributed by atoms with van der Waals surface area (Å²) in [4.78, 5) is 30.2.